The summed E-state index contributed by atoms with van der Waals surface area (Å²) in [5.41, 5.74) is 0. The molecular formula is C14H26O3. The molecule has 17 heavy (non-hydrogen) atoms. The molecule has 0 aliphatic carbocycles. The predicted molar refractivity (Wildman–Crippen MR) is 68.7 cm³/mol. The average molecular weight is 242 g/mol. The summed E-state index contributed by atoms with van der Waals surface area (Å²) in [4.78, 5) is 23.5. The highest BCUT2D eigenvalue weighted by atomic mass is 16.5. The van der Waals surface area contributed by atoms with Gasteiger partial charge in [-0.2, -0.15) is 0 Å². The van der Waals surface area contributed by atoms with E-state index in [1.54, 1.807) is 0 Å². The summed E-state index contributed by atoms with van der Waals surface area (Å²) in [7, 11) is 0. The van der Waals surface area contributed by atoms with Gasteiger partial charge in [0.15, 0.2) is 0 Å². The Hall–Kier alpha value is -0.860. The summed E-state index contributed by atoms with van der Waals surface area (Å²) < 4.78 is 5.15. The van der Waals surface area contributed by atoms with Gasteiger partial charge >= 0.3 is 5.97 Å². The lowest BCUT2D eigenvalue weighted by Crippen LogP contribution is -2.29. The first-order valence-corrected chi connectivity index (χ1v) is 6.74. The van der Waals surface area contributed by atoms with Crippen LogP contribution in [0.3, 0.4) is 0 Å². The Balaban J connectivity index is 3.97. The van der Waals surface area contributed by atoms with Crippen LogP contribution in [0.25, 0.3) is 0 Å². The third-order valence-corrected chi connectivity index (χ3v) is 2.85. The Morgan fingerprint density at radius 2 is 1.71 bits per heavy atom. The van der Waals surface area contributed by atoms with Gasteiger partial charge in [0.05, 0.1) is 6.61 Å². The van der Waals surface area contributed by atoms with Crippen LogP contribution in [0.5, 0.6) is 0 Å². The van der Waals surface area contributed by atoms with E-state index in [4.69, 9.17) is 4.74 Å². The zero-order chi connectivity index (χ0) is 13.3. The SMILES string of the molecule is CCCCCCOC(=O)C(CC)C(=O)C(C)C. The fraction of sp³-hybridized carbons (Fsp3) is 0.857. The molecule has 1 unspecified atom stereocenters. The summed E-state index contributed by atoms with van der Waals surface area (Å²) in [5.74, 6) is -1.03. The third-order valence-electron chi connectivity index (χ3n) is 2.85. The quantitative estimate of drug-likeness (QED) is 0.354. The molecule has 0 rings (SSSR count). The van der Waals surface area contributed by atoms with Crippen molar-refractivity contribution in [2.45, 2.75) is 59.8 Å². The Kier molecular flexibility index (Phi) is 8.73. The lowest BCUT2D eigenvalue weighted by atomic mass is 9.93. The van der Waals surface area contributed by atoms with Gasteiger partial charge in [-0.1, -0.05) is 47.0 Å². The van der Waals surface area contributed by atoms with Crippen molar-refractivity contribution in [2.24, 2.45) is 11.8 Å². The number of rotatable bonds is 9. The highest BCUT2D eigenvalue weighted by molar-refractivity contribution is 5.99. The molecule has 0 aromatic rings. The molecule has 0 aromatic heterocycles. The second kappa shape index (κ2) is 9.20. The number of carbonyl (C=O) groups excluding carboxylic acids is 2. The minimum atomic E-state index is -0.568. The van der Waals surface area contributed by atoms with Crippen molar-refractivity contribution >= 4 is 11.8 Å². The predicted octanol–water partition coefficient (Wildman–Crippen LogP) is 3.36. The maximum absolute atomic E-state index is 11.7. The van der Waals surface area contributed by atoms with Gasteiger partial charge in [0.1, 0.15) is 11.7 Å². The van der Waals surface area contributed by atoms with Crippen molar-refractivity contribution in [3.8, 4) is 0 Å². The van der Waals surface area contributed by atoms with Crippen LogP contribution in [0, 0.1) is 11.8 Å². The molecular weight excluding hydrogens is 216 g/mol. The fourth-order valence-corrected chi connectivity index (χ4v) is 1.69. The van der Waals surface area contributed by atoms with Crippen LogP contribution < -0.4 is 0 Å². The molecule has 0 bridgehead atoms. The first-order valence-electron chi connectivity index (χ1n) is 6.74. The van der Waals surface area contributed by atoms with Gasteiger partial charge in [0, 0.05) is 5.92 Å². The van der Waals surface area contributed by atoms with Gasteiger partial charge in [-0.15, -0.1) is 0 Å². The van der Waals surface area contributed by atoms with E-state index in [2.05, 4.69) is 6.92 Å². The monoisotopic (exact) mass is 242 g/mol. The van der Waals surface area contributed by atoms with Crippen molar-refractivity contribution in [1.29, 1.82) is 0 Å². The van der Waals surface area contributed by atoms with E-state index in [0.717, 1.165) is 19.3 Å². The Morgan fingerprint density at radius 3 is 2.18 bits per heavy atom. The third kappa shape index (κ3) is 6.44. The number of hydrogen-bond donors (Lipinski definition) is 0. The molecule has 3 nitrogen and oxygen atoms in total. The number of Topliss-reactive ketones (excluding diaryl/α,β-unsaturated/α-hetero) is 1. The molecule has 0 N–H and O–H groups in total. The van der Waals surface area contributed by atoms with Crippen LogP contribution in [-0.4, -0.2) is 18.4 Å². The zero-order valence-electron chi connectivity index (χ0n) is 11.6. The maximum Gasteiger partial charge on any atom is 0.316 e. The first kappa shape index (κ1) is 16.1. The van der Waals surface area contributed by atoms with Crippen LogP contribution in [0.1, 0.15) is 59.8 Å². The highest BCUT2D eigenvalue weighted by Gasteiger charge is 2.27. The van der Waals surface area contributed by atoms with E-state index in [-0.39, 0.29) is 17.7 Å². The minimum absolute atomic E-state index is 0.00828. The highest BCUT2D eigenvalue weighted by Crippen LogP contribution is 2.13. The number of ketones is 1. The van der Waals surface area contributed by atoms with Crippen molar-refractivity contribution in [2.75, 3.05) is 6.61 Å². The zero-order valence-corrected chi connectivity index (χ0v) is 11.6. The maximum atomic E-state index is 11.7. The van der Waals surface area contributed by atoms with E-state index in [0.29, 0.717) is 13.0 Å². The summed E-state index contributed by atoms with van der Waals surface area (Å²) in [6, 6.07) is 0. The molecule has 0 heterocycles. The molecule has 0 spiro atoms. The average Bonchev–Trinajstić information content (AvgIpc) is 2.29. The molecule has 0 fully saturated rings. The molecule has 0 radical (unpaired) electrons. The first-order chi connectivity index (χ1) is 8.04. The van der Waals surface area contributed by atoms with Gasteiger partial charge in [0.2, 0.25) is 0 Å². The van der Waals surface area contributed by atoms with E-state index in [9.17, 15) is 9.59 Å². The summed E-state index contributed by atoms with van der Waals surface area (Å²) >= 11 is 0. The number of hydrogen-bond acceptors (Lipinski definition) is 3. The van der Waals surface area contributed by atoms with Gasteiger partial charge in [-0.25, -0.2) is 0 Å². The van der Waals surface area contributed by atoms with Crippen molar-refractivity contribution in [1.82, 2.24) is 0 Å². The summed E-state index contributed by atoms with van der Waals surface area (Å²) in [5, 5.41) is 0. The van der Waals surface area contributed by atoms with Crippen LogP contribution in [0.4, 0.5) is 0 Å². The molecule has 0 saturated carbocycles. The van der Waals surface area contributed by atoms with Crippen LogP contribution >= 0.6 is 0 Å². The van der Waals surface area contributed by atoms with E-state index >= 15 is 0 Å². The van der Waals surface area contributed by atoms with Crippen LogP contribution in [0.2, 0.25) is 0 Å². The van der Waals surface area contributed by atoms with E-state index < -0.39 is 5.92 Å². The normalized spacial score (nSPS) is 12.5. The second-order valence-corrected chi connectivity index (χ2v) is 4.75. The lowest BCUT2D eigenvalue weighted by molar-refractivity contribution is -0.153. The van der Waals surface area contributed by atoms with Crippen LogP contribution in [0.15, 0.2) is 0 Å². The van der Waals surface area contributed by atoms with Crippen LogP contribution in [-0.2, 0) is 14.3 Å². The Labute approximate surface area is 105 Å². The Morgan fingerprint density at radius 1 is 1.06 bits per heavy atom. The molecule has 0 aromatic carbocycles. The number of unbranched alkanes of at least 4 members (excludes halogenated alkanes) is 3. The minimum Gasteiger partial charge on any atom is -0.465 e. The molecule has 0 amide bonds. The van der Waals surface area contributed by atoms with E-state index in [1.165, 1.54) is 6.42 Å². The smallest absolute Gasteiger partial charge is 0.316 e. The van der Waals surface area contributed by atoms with Gasteiger partial charge in [-0.3, -0.25) is 9.59 Å². The second-order valence-electron chi connectivity index (χ2n) is 4.75. The standard InChI is InChI=1S/C14H26O3/c1-5-7-8-9-10-17-14(16)12(6-2)13(15)11(3)4/h11-12H,5-10H2,1-4H3. The fourth-order valence-electron chi connectivity index (χ4n) is 1.69. The largest absolute Gasteiger partial charge is 0.465 e. The number of ether oxygens (including phenoxy) is 1. The topological polar surface area (TPSA) is 43.4 Å². The molecule has 3 heteroatoms. The van der Waals surface area contributed by atoms with Gasteiger partial charge < -0.3 is 4.74 Å². The summed E-state index contributed by atoms with van der Waals surface area (Å²) in [6.45, 7) is 8.07. The van der Waals surface area contributed by atoms with Crippen molar-refractivity contribution < 1.29 is 14.3 Å². The lowest BCUT2D eigenvalue weighted by Gasteiger charge is -2.15. The van der Waals surface area contributed by atoms with Gasteiger partial charge in [-0.05, 0) is 12.8 Å². The Bertz CT molecular complexity index is 234. The molecule has 0 aliphatic rings. The molecule has 0 saturated heterocycles. The summed E-state index contributed by atoms with van der Waals surface area (Å²) in [6.07, 6.45) is 4.84. The van der Waals surface area contributed by atoms with E-state index in [1.807, 2.05) is 20.8 Å². The molecule has 1 atom stereocenters. The van der Waals surface area contributed by atoms with Crippen molar-refractivity contribution in [3.63, 3.8) is 0 Å². The van der Waals surface area contributed by atoms with Gasteiger partial charge in [0.25, 0.3) is 0 Å². The molecule has 100 valence electrons. The molecule has 0 aliphatic heterocycles. The van der Waals surface area contributed by atoms with Crippen molar-refractivity contribution in [3.05, 3.63) is 0 Å². The number of carbonyl (C=O) groups is 2. The number of esters is 1.